The van der Waals surface area contributed by atoms with Gasteiger partial charge in [-0.15, -0.1) is 0 Å². The molecule has 1 aromatic carbocycles. The van der Waals surface area contributed by atoms with Crippen molar-refractivity contribution in [2.45, 2.75) is 46.7 Å². The maximum Gasteiger partial charge on any atom is 0.240 e. The van der Waals surface area contributed by atoms with Gasteiger partial charge in [-0.2, -0.15) is 5.26 Å². The minimum absolute atomic E-state index is 0.0197. The van der Waals surface area contributed by atoms with Crippen molar-refractivity contribution in [2.75, 3.05) is 6.54 Å². The highest BCUT2D eigenvalue weighted by molar-refractivity contribution is 5.82. The zero-order valence-electron chi connectivity index (χ0n) is 13.4. The van der Waals surface area contributed by atoms with Crippen molar-refractivity contribution in [3.05, 3.63) is 35.4 Å². The van der Waals surface area contributed by atoms with Gasteiger partial charge in [0, 0.05) is 13.1 Å². The minimum atomic E-state index is -0.512. The van der Waals surface area contributed by atoms with Gasteiger partial charge in [0.05, 0.1) is 17.7 Å². The first-order chi connectivity index (χ1) is 9.79. The average molecular weight is 287 g/mol. The molecular weight excluding hydrogens is 262 g/mol. The maximum atomic E-state index is 12.6. The van der Waals surface area contributed by atoms with Crippen LogP contribution in [0.3, 0.4) is 0 Å². The molecule has 0 saturated carbocycles. The van der Waals surface area contributed by atoms with Crippen LogP contribution in [-0.2, 0) is 11.3 Å². The predicted octanol–water partition coefficient (Wildman–Crippen LogP) is 2.67. The van der Waals surface area contributed by atoms with Crippen LogP contribution in [0.15, 0.2) is 24.3 Å². The molecule has 4 heteroatoms. The Labute approximate surface area is 127 Å². The van der Waals surface area contributed by atoms with Gasteiger partial charge in [0.1, 0.15) is 0 Å². The van der Waals surface area contributed by atoms with E-state index in [0.717, 1.165) is 12.0 Å². The summed E-state index contributed by atoms with van der Waals surface area (Å²) in [7, 11) is 0. The van der Waals surface area contributed by atoms with Crippen LogP contribution in [0.25, 0.3) is 0 Å². The van der Waals surface area contributed by atoms with Crippen LogP contribution in [0.4, 0.5) is 0 Å². The Kier molecular flexibility index (Phi) is 5.92. The summed E-state index contributed by atoms with van der Waals surface area (Å²) >= 11 is 0. The van der Waals surface area contributed by atoms with Crippen molar-refractivity contribution >= 4 is 5.91 Å². The predicted molar refractivity (Wildman–Crippen MR) is 84.3 cm³/mol. The fraction of sp³-hybridized carbons (Fsp3) is 0.529. The van der Waals surface area contributed by atoms with Crippen molar-refractivity contribution < 1.29 is 4.79 Å². The van der Waals surface area contributed by atoms with Crippen molar-refractivity contribution in [1.29, 1.82) is 5.26 Å². The molecule has 2 N–H and O–H groups in total. The molecule has 1 atom stereocenters. The SMILES string of the molecule is CCCN(Cc1ccc(C#N)cc1)C(=O)[C@@H](N)C(C)(C)C. The number of carbonyl (C=O) groups excluding carboxylic acids is 1. The lowest BCUT2D eigenvalue weighted by Crippen LogP contribution is -2.50. The molecule has 0 radical (unpaired) electrons. The van der Waals surface area contributed by atoms with Crippen molar-refractivity contribution in [3.8, 4) is 6.07 Å². The monoisotopic (exact) mass is 287 g/mol. The summed E-state index contributed by atoms with van der Waals surface area (Å²) in [6, 6.07) is 8.90. The highest BCUT2D eigenvalue weighted by atomic mass is 16.2. The number of carbonyl (C=O) groups is 1. The first-order valence-electron chi connectivity index (χ1n) is 7.33. The van der Waals surface area contributed by atoms with E-state index in [0.29, 0.717) is 18.7 Å². The summed E-state index contributed by atoms with van der Waals surface area (Å²) < 4.78 is 0. The summed E-state index contributed by atoms with van der Waals surface area (Å²) in [4.78, 5) is 14.4. The average Bonchev–Trinajstić information content (AvgIpc) is 2.45. The number of nitrogens with zero attached hydrogens (tertiary/aromatic N) is 2. The zero-order valence-corrected chi connectivity index (χ0v) is 13.4. The van der Waals surface area contributed by atoms with Gasteiger partial charge >= 0.3 is 0 Å². The molecular formula is C17H25N3O. The topological polar surface area (TPSA) is 70.1 Å². The standard InChI is InChI=1S/C17H25N3O/c1-5-10-20(16(21)15(19)17(2,3)4)12-14-8-6-13(11-18)7-9-14/h6-9,15H,5,10,12,19H2,1-4H3/t15-/m1/s1. The van der Waals surface area contributed by atoms with Gasteiger partial charge in [0.15, 0.2) is 0 Å². The third kappa shape index (κ3) is 4.87. The Hall–Kier alpha value is -1.86. The van der Waals surface area contributed by atoms with E-state index in [2.05, 4.69) is 6.07 Å². The third-order valence-corrected chi connectivity index (χ3v) is 3.46. The molecule has 114 valence electrons. The largest absolute Gasteiger partial charge is 0.337 e. The Bertz CT molecular complexity index is 508. The molecule has 0 aliphatic carbocycles. The molecule has 0 aliphatic heterocycles. The van der Waals surface area contributed by atoms with Crippen LogP contribution in [-0.4, -0.2) is 23.4 Å². The molecule has 21 heavy (non-hydrogen) atoms. The molecule has 0 heterocycles. The van der Waals surface area contributed by atoms with E-state index >= 15 is 0 Å². The highest BCUT2D eigenvalue weighted by Crippen LogP contribution is 2.20. The smallest absolute Gasteiger partial charge is 0.240 e. The second kappa shape index (κ2) is 7.24. The lowest BCUT2D eigenvalue weighted by molar-refractivity contribution is -0.135. The van der Waals surface area contributed by atoms with Crippen LogP contribution in [0, 0.1) is 16.7 Å². The van der Waals surface area contributed by atoms with Gasteiger partial charge < -0.3 is 10.6 Å². The number of nitrogens with two attached hydrogens (primary N) is 1. The summed E-state index contributed by atoms with van der Waals surface area (Å²) in [6.45, 7) is 9.18. The Morgan fingerprint density at radius 3 is 2.33 bits per heavy atom. The maximum absolute atomic E-state index is 12.6. The third-order valence-electron chi connectivity index (χ3n) is 3.46. The van der Waals surface area contributed by atoms with Crippen molar-refractivity contribution in [2.24, 2.45) is 11.1 Å². The summed E-state index contributed by atoms with van der Waals surface area (Å²) in [6.07, 6.45) is 0.888. The van der Waals surface area contributed by atoms with E-state index in [-0.39, 0.29) is 11.3 Å². The zero-order chi connectivity index (χ0) is 16.0. The highest BCUT2D eigenvalue weighted by Gasteiger charge is 2.30. The van der Waals surface area contributed by atoms with Crippen LogP contribution in [0.2, 0.25) is 0 Å². The van der Waals surface area contributed by atoms with Gasteiger partial charge in [-0.3, -0.25) is 4.79 Å². The first-order valence-corrected chi connectivity index (χ1v) is 7.33. The fourth-order valence-corrected chi connectivity index (χ4v) is 2.01. The van der Waals surface area contributed by atoms with E-state index in [1.165, 1.54) is 0 Å². The van der Waals surface area contributed by atoms with E-state index in [4.69, 9.17) is 11.0 Å². The van der Waals surface area contributed by atoms with E-state index < -0.39 is 6.04 Å². The van der Waals surface area contributed by atoms with Crippen molar-refractivity contribution in [3.63, 3.8) is 0 Å². The van der Waals surface area contributed by atoms with Gasteiger partial charge in [-0.1, -0.05) is 39.8 Å². The molecule has 0 fully saturated rings. The molecule has 0 saturated heterocycles. The normalized spacial score (nSPS) is 12.6. The summed E-state index contributed by atoms with van der Waals surface area (Å²) in [5.74, 6) is -0.0197. The van der Waals surface area contributed by atoms with Crippen molar-refractivity contribution in [1.82, 2.24) is 4.90 Å². The minimum Gasteiger partial charge on any atom is -0.337 e. The number of benzene rings is 1. The Morgan fingerprint density at radius 1 is 1.33 bits per heavy atom. The van der Waals surface area contributed by atoms with E-state index in [9.17, 15) is 4.79 Å². The lowest BCUT2D eigenvalue weighted by Gasteiger charge is -2.32. The molecule has 0 aromatic heterocycles. The van der Waals surface area contributed by atoms with E-state index in [1.807, 2.05) is 39.8 Å². The molecule has 1 rings (SSSR count). The lowest BCUT2D eigenvalue weighted by atomic mass is 9.86. The quantitative estimate of drug-likeness (QED) is 0.905. The number of hydrogen-bond donors (Lipinski definition) is 1. The fourth-order valence-electron chi connectivity index (χ4n) is 2.01. The Balaban J connectivity index is 2.86. The number of hydrogen-bond acceptors (Lipinski definition) is 3. The molecule has 0 unspecified atom stereocenters. The van der Waals surface area contributed by atoms with Gasteiger partial charge in [0.25, 0.3) is 0 Å². The molecule has 0 spiro atoms. The molecule has 1 amide bonds. The molecule has 1 aromatic rings. The van der Waals surface area contributed by atoms with Gasteiger partial charge in [-0.25, -0.2) is 0 Å². The molecule has 0 bridgehead atoms. The number of nitriles is 1. The summed E-state index contributed by atoms with van der Waals surface area (Å²) in [5, 5.41) is 8.81. The molecule has 0 aliphatic rings. The van der Waals surface area contributed by atoms with Crippen LogP contribution in [0.5, 0.6) is 0 Å². The van der Waals surface area contributed by atoms with Crippen LogP contribution >= 0.6 is 0 Å². The second-order valence-corrected chi connectivity index (χ2v) is 6.41. The van der Waals surface area contributed by atoms with E-state index in [1.54, 1.807) is 17.0 Å². The van der Waals surface area contributed by atoms with Gasteiger partial charge in [0.2, 0.25) is 5.91 Å². The number of amides is 1. The Morgan fingerprint density at radius 2 is 1.90 bits per heavy atom. The molecule has 4 nitrogen and oxygen atoms in total. The van der Waals surface area contributed by atoms with Crippen LogP contribution in [0.1, 0.15) is 45.2 Å². The van der Waals surface area contributed by atoms with Gasteiger partial charge in [-0.05, 0) is 29.5 Å². The van der Waals surface area contributed by atoms with Crippen LogP contribution < -0.4 is 5.73 Å². The second-order valence-electron chi connectivity index (χ2n) is 6.41. The number of rotatable bonds is 5. The summed E-state index contributed by atoms with van der Waals surface area (Å²) in [5.41, 5.74) is 7.47. The first kappa shape index (κ1) is 17.2.